The Kier molecular flexibility index (Phi) is 4.42. The number of benzene rings is 1. The minimum Gasteiger partial charge on any atom is -0.394 e. The lowest BCUT2D eigenvalue weighted by Crippen LogP contribution is -2.22. The average Bonchev–Trinajstić information content (AvgIpc) is 3.08. The summed E-state index contributed by atoms with van der Waals surface area (Å²) < 4.78 is 1.52. The van der Waals surface area contributed by atoms with Gasteiger partial charge in [0, 0.05) is 12.1 Å². The number of imidazole rings is 1. The predicted octanol–water partition coefficient (Wildman–Crippen LogP) is 2.49. The Hall–Kier alpha value is -3.48. The van der Waals surface area contributed by atoms with Gasteiger partial charge in [-0.25, -0.2) is 15.0 Å². The molecule has 1 aromatic carbocycles. The largest absolute Gasteiger partial charge is 0.394 e. The van der Waals surface area contributed by atoms with Crippen LogP contribution in [-0.2, 0) is 13.0 Å². The zero-order chi connectivity index (χ0) is 18.8. The quantitative estimate of drug-likeness (QED) is 0.569. The first-order valence-corrected chi connectivity index (χ1v) is 8.80. The van der Waals surface area contributed by atoms with Crippen LogP contribution in [0.1, 0.15) is 29.9 Å². The highest BCUT2D eigenvalue weighted by Gasteiger charge is 2.16. The second-order valence-corrected chi connectivity index (χ2v) is 6.63. The van der Waals surface area contributed by atoms with E-state index in [1.54, 1.807) is 18.3 Å². The molecule has 0 aliphatic heterocycles. The van der Waals surface area contributed by atoms with Gasteiger partial charge in [-0.15, -0.1) is 0 Å². The van der Waals surface area contributed by atoms with Crippen LogP contribution in [-0.4, -0.2) is 24.5 Å². The lowest BCUT2D eigenvalue weighted by Gasteiger charge is -2.11. The molecule has 0 saturated heterocycles. The zero-order valence-electron chi connectivity index (χ0n) is 15.0. The van der Waals surface area contributed by atoms with E-state index < -0.39 is 0 Å². The first kappa shape index (κ1) is 17.0. The van der Waals surface area contributed by atoms with Gasteiger partial charge in [-0.1, -0.05) is 37.3 Å². The van der Waals surface area contributed by atoms with Crippen LogP contribution in [0.5, 0.6) is 0 Å². The van der Waals surface area contributed by atoms with Crippen LogP contribution in [0, 0.1) is 0 Å². The number of rotatable bonds is 5. The number of aromatic nitrogens is 5. The Labute approximate surface area is 155 Å². The zero-order valence-corrected chi connectivity index (χ0v) is 15.0. The van der Waals surface area contributed by atoms with Crippen molar-refractivity contribution in [3.63, 3.8) is 0 Å². The van der Waals surface area contributed by atoms with Gasteiger partial charge in [0.15, 0.2) is 5.65 Å². The van der Waals surface area contributed by atoms with Gasteiger partial charge < -0.3 is 15.3 Å². The fourth-order valence-corrected chi connectivity index (χ4v) is 3.25. The molecule has 3 aromatic heterocycles. The first-order chi connectivity index (χ1) is 13.1. The molecule has 136 valence electrons. The number of H-pyrrole nitrogens is 1. The van der Waals surface area contributed by atoms with E-state index in [1.165, 1.54) is 16.5 Å². The van der Waals surface area contributed by atoms with Crippen molar-refractivity contribution < 1.29 is 0 Å². The molecule has 0 radical (unpaired) electrons. The van der Waals surface area contributed by atoms with Gasteiger partial charge in [0.1, 0.15) is 17.7 Å². The van der Waals surface area contributed by atoms with Crippen LogP contribution in [0.2, 0.25) is 0 Å². The highest BCUT2D eigenvalue weighted by Crippen LogP contribution is 2.24. The van der Waals surface area contributed by atoms with Crippen LogP contribution in [0.25, 0.3) is 11.2 Å². The van der Waals surface area contributed by atoms with Crippen molar-refractivity contribution in [3.8, 4) is 0 Å². The number of aromatic amines is 1. The van der Waals surface area contributed by atoms with Crippen LogP contribution in [0.4, 0.5) is 5.69 Å². The second kappa shape index (κ2) is 7.03. The van der Waals surface area contributed by atoms with Crippen molar-refractivity contribution >= 4 is 16.9 Å². The third-order valence-electron chi connectivity index (χ3n) is 4.59. The maximum Gasteiger partial charge on any atom is 0.274 e. The first-order valence-electron chi connectivity index (χ1n) is 8.80. The number of nitrogens with two attached hydrogens (primary N) is 1. The SMILES string of the molecule is CC(Cc1ccccc1)c1ncnc2nc(Cn3cccc(N)c3=O)[nH]c12. The van der Waals surface area contributed by atoms with Crippen molar-refractivity contribution in [2.75, 3.05) is 5.73 Å². The van der Waals surface area contributed by atoms with Gasteiger partial charge in [0.2, 0.25) is 0 Å². The third kappa shape index (κ3) is 3.44. The monoisotopic (exact) mass is 360 g/mol. The summed E-state index contributed by atoms with van der Waals surface area (Å²) in [4.78, 5) is 28.7. The summed E-state index contributed by atoms with van der Waals surface area (Å²) in [5.41, 5.74) is 9.27. The van der Waals surface area contributed by atoms with Crippen LogP contribution >= 0.6 is 0 Å². The summed E-state index contributed by atoms with van der Waals surface area (Å²) >= 11 is 0. The van der Waals surface area contributed by atoms with Crippen molar-refractivity contribution in [1.29, 1.82) is 0 Å². The highest BCUT2D eigenvalue weighted by atomic mass is 16.1. The molecule has 1 atom stereocenters. The third-order valence-corrected chi connectivity index (χ3v) is 4.59. The fourth-order valence-electron chi connectivity index (χ4n) is 3.25. The van der Waals surface area contributed by atoms with E-state index in [4.69, 9.17) is 5.73 Å². The van der Waals surface area contributed by atoms with Gasteiger partial charge in [0.05, 0.1) is 17.9 Å². The van der Waals surface area contributed by atoms with Crippen LogP contribution in [0.15, 0.2) is 59.8 Å². The molecule has 1 unspecified atom stereocenters. The maximum absolute atomic E-state index is 12.1. The van der Waals surface area contributed by atoms with E-state index in [2.05, 4.69) is 39.0 Å². The minimum atomic E-state index is -0.235. The molecule has 3 heterocycles. The highest BCUT2D eigenvalue weighted by molar-refractivity contribution is 5.73. The molecule has 4 rings (SSSR count). The Morgan fingerprint density at radius 2 is 1.96 bits per heavy atom. The molecule has 4 aromatic rings. The Bertz CT molecular complexity index is 1130. The fraction of sp³-hybridized carbons (Fsp3) is 0.200. The molecule has 0 saturated carbocycles. The Morgan fingerprint density at radius 1 is 1.15 bits per heavy atom. The summed E-state index contributed by atoms with van der Waals surface area (Å²) in [6, 6.07) is 13.6. The molecule has 0 amide bonds. The van der Waals surface area contributed by atoms with Crippen molar-refractivity contribution in [1.82, 2.24) is 24.5 Å². The lowest BCUT2D eigenvalue weighted by molar-refractivity contribution is 0.724. The molecule has 7 nitrogen and oxygen atoms in total. The molecule has 0 aliphatic rings. The number of fused-ring (bicyclic) bond motifs is 1. The molecule has 0 aliphatic carbocycles. The molecule has 7 heteroatoms. The average molecular weight is 360 g/mol. The van der Waals surface area contributed by atoms with Crippen molar-refractivity contribution in [3.05, 3.63) is 82.4 Å². The summed E-state index contributed by atoms with van der Waals surface area (Å²) in [7, 11) is 0. The number of nitrogens with one attached hydrogen (secondary N) is 1. The number of hydrogen-bond donors (Lipinski definition) is 2. The number of pyridine rings is 1. The molecular formula is C20H20N6O. The number of nitrogen functional groups attached to an aromatic ring is 1. The summed E-state index contributed by atoms with van der Waals surface area (Å²) in [5.74, 6) is 0.840. The molecule has 3 N–H and O–H groups in total. The van der Waals surface area contributed by atoms with E-state index in [0.717, 1.165) is 17.6 Å². The van der Waals surface area contributed by atoms with Gasteiger partial charge in [0.25, 0.3) is 5.56 Å². The number of nitrogens with zero attached hydrogens (tertiary/aromatic N) is 4. The molecule has 0 spiro atoms. The van der Waals surface area contributed by atoms with Gasteiger partial charge in [-0.2, -0.15) is 0 Å². The smallest absolute Gasteiger partial charge is 0.274 e. The van der Waals surface area contributed by atoms with E-state index in [9.17, 15) is 4.79 Å². The van der Waals surface area contributed by atoms with Crippen molar-refractivity contribution in [2.24, 2.45) is 0 Å². The summed E-state index contributed by atoms with van der Waals surface area (Å²) in [5, 5.41) is 0. The van der Waals surface area contributed by atoms with Crippen LogP contribution in [0.3, 0.4) is 0 Å². The van der Waals surface area contributed by atoms with Gasteiger partial charge >= 0.3 is 0 Å². The van der Waals surface area contributed by atoms with E-state index in [-0.39, 0.29) is 17.2 Å². The normalized spacial score (nSPS) is 12.3. The Balaban J connectivity index is 1.66. The minimum absolute atomic E-state index is 0.196. The van der Waals surface area contributed by atoms with Crippen LogP contribution < -0.4 is 11.3 Å². The van der Waals surface area contributed by atoms with E-state index in [1.807, 2.05) is 18.2 Å². The Morgan fingerprint density at radius 3 is 2.78 bits per heavy atom. The summed E-state index contributed by atoms with van der Waals surface area (Å²) in [6.07, 6.45) is 4.10. The van der Waals surface area contributed by atoms with E-state index >= 15 is 0 Å². The van der Waals surface area contributed by atoms with Gasteiger partial charge in [-0.05, 0) is 24.1 Å². The topological polar surface area (TPSA) is 102 Å². The van der Waals surface area contributed by atoms with Gasteiger partial charge in [-0.3, -0.25) is 4.79 Å². The molecular weight excluding hydrogens is 340 g/mol. The molecule has 0 bridgehead atoms. The van der Waals surface area contributed by atoms with E-state index in [0.29, 0.717) is 18.0 Å². The standard InChI is InChI=1S/C20H20N6O/c1-13(10-14-6-3-2-4-7-14)17-18-19(23-12-22-17)25-16(24-18)11-26-9-5-8-15(21)20(26)27/h2-9,12-13H,10-11,21H2,1H3,(H,22,23,24,25). The summed E-state index contributed by atoms with van der Waals surface area (Å²) in [6.45, 7) is 2.43. The lowest BCUT2D eigenvalue weighted by atomic mass is 9.97. The van der Waals surface area contributed by atoms with Crippen molar-refractivity contribution in [2.45, 2.75) is 25.8 Å². The predicted molar refractivity (Wildman–Crippen MR) is 104 cm³/mol. The second-order valence-electron chi connectivity index (χ2n) is 6.63. The maximum atomic E-state index is 12.1. The molecule has 27 heavy (non-hydrogen) atoms. The number of hydrogen-bond acceptors (Lipinski definition) is 5. The molecule has 0 fully saturated rings. The number of anilines is 1.